The van der Waals surface area contributed by atoms with Gasteiger partial charge in [0.05, 0.1) is 23.0 Å². The highest BCUT2D eigenvalue weighted by molar-refractivity contribution is 6.30. The third-order valence-electron chi connectivity index (χ3n) is 5.24. The minimum atomic E-state index is -0.945. The number of halogens is 1. The van der Waals surface area contributed by atoms with Crippen LogP contribution in [0.2, 0.25) is 5.02 Å². The highest BCUT2D eigenvalue weighted by Gasteiger charge is 2.32. The molecule has 1 aliphatic heterocycles. The Morgan fingerprint density at radius 2 is 1.55 bits per heavy atom. The monoisotopic (exact) mass is 460 g/mol. The highest BCUT2D eigenvalue weighted by Crippen LogP contribution is 2.30. The first kappa shape index (κ1) is 20.4. The van der Waals surface area contributed by atoms with Gasteiger partial charge >= 0.3 is 5.69 Å². The molecule has 10 heteroatoms. The van der Waals surface area contributed by atoms with Crippen LogP contribution in [0.3, 0.4) is 0 Å². The van der Waals surface area contributed by atoms with Gasteiger partial charge in [0.15, 0.2) is 0 Å². The number of carbonyl (C=O) groups excluding carboxylic acids is 2. The Morgan fingerprint density at radius 1 is 0.909 bits per heavy atom. The number of carbonyl (C=O) groups is 2. The molecule has 5 rings (SSSR count). The van der Waals surface area contributed by atoms with Crippen LogP contribution in [-0.4, -0.2) is 37.7 Å². The van der Waals surface area contributed by atoms with Crippen molar-refractivity contribution in [2.24, 2.45) is 5.10 Å². The summed E-state index contributed by atoms with van der Waals surface area (Å²) in [7, 11) is 0. The van der Waals surface area contributed by atoms with E-state index in [1.807, 2.05) is 0 Å². The summed E-state index contributed by atoms with van der Waals surface area (Å²) in [6.45, 7) is 0. The smallest absolute Gasteiger partial charge is 0.335 e. The zero-order valence-electron chi connectivity index (χ0n) is 16.7. The van der Waals surface area contributed by atoms with Crippen LogP contribution in [-0.2, 0) is 0 Å². The van der Waals surface area contributed by atoms with E-state index < -0.39 is 34.5 Å². The molecule has 0 fully saturated rings. The van der Waals surface area contributed by atoms with E-state index in [0.29, 0.717) is 15.4 Å². The Kier molecular flexibility index (Phi) is 4.68. The lowest BCUT2D eigenvalue weighted by atomic mass is 9.95. The number of rotatable bonds is 3. The number of amides is 2. The molecule has 0 unspecified atom stereocenters. The van der Waals surface area contributed by atoms with Gasteiger partial charge < -0.3 is 5.11 Å². The Labute approximate surface area is 189 Å². The average molecular weight is 461 g/mol. The SMILES string of the molecule is O=C1c2cccc3cccc(c23)C(=O)N1N=Cc1c(O)n(-c2cccc(Cl)c2)c(=O)[nH]c1=O. The number of nitrogens with one attached hydrogen (secondary N) is 1. The fourth-order valence-corrected chi connectivity index (χ4v) is 3.93. The van der Waals surface area contributed by atoms with E-state index in [1.54, 1.807) is 48.5 Å². The van der Waals surface area contributed by atoms with Crippen molar-refractivity contribution in [2.75, 3.05) is 0 Å². The molecule has 4 aromatic rings. The van der Waals surface area contributed by atoms with Gasteiger partial charge in [0.2, 0.25) is 5.88 Å². The number of hydrogen-bond acceptors (Lipinski definition) is 6. The predicted octanol–water partition coefficient (Wildman–Crippen LogP) is 2.67. The molecule has 0 saturated carbocycles. The lowest BCUT2D eigenvalue weighted by Crippen LogP contribution is -2.37. The van der Waals surface area contributed by atoms with Gasteiger partial charge in [0.25, 0.3) is 17.4 Å². The van der Waals surface area contributed by atoms with Crippen LogP contribution in [0.25, 0.3) is 16.5 Å². The Bertz CT molecular complexity index is 1590. The first-order valence-electron chi connectivity index (χ1n) is 9.65. The van der Waals surface area contributed by atoms with Gasteiger partial charge in [0, 0.05) is 10.4 Å². The summed E-state index contributed by atoms with van der Waals surface area (Å²) >= 11 is 5.96. The predicted molar refractivity (Wildman–Crippen MR) is 121 cm³/mol. The topological polar surface area (TPSA) is 125 Å². The van der Waals surface area contributed by atoms with Gasteiger partial charge in [-0.3, -0.25) is 19.4 Å². The van der Waals surface area contributed by atoms with Crippen molar-refractivity contribution in [2.45, 2.75) is 0 Å². The number of H-pyrrole nitrogens is 1. The maximum atomic E-state index is 13.0. The molecule has 3 aromatic carbocycles. The third-order valence-corrected chi connectivity index (χ3v) is 5.47. The number of aromatic nitrogens is 2. The fourth-order valence-electron chi connectivity index (χ4n) is 3.75. The number of nitrogens with zero attached hydrogens (tertiary/aromatic N) is 3. The van der Waals surface area contributed by atoms with Gasteiger partial charge in [-0.1, -0.05) is 41.9 Å². The zero-order chi connectivity index (χ0) is 23.3. The number of imide groups is 1. The minimum absolute atomic E-state index is 0.196. The maximum Gasteiger partial charge on any atom is 0.335 e. The molecule has 0 atom stereocenters. The second kappa shape index (κ2) is 7.57. The molecule has 1 aliphatic rings. The molecule has 0 spiro atoms. The van der Waals surface area contributed by atoms with Crippen molar-refractivity contribution in [3.05, 3.63) is 103 Å². The highest BCUT2D eigenvalue weighted by atomic mass is 35.5. The largest absolute Gasteiger partial charge is 0.493 e. The Balaban J connectivity index is 1.61. The van der Waals surface area contributed by atoms with Gasteiger partial charge in [-0.2, -0.15) is 10.1 Å². The summed E-state index contributed by atoms with van der Waals surface area (Å²) in [5.74, 6) is -2.09. The minimum Gasteiger partial charge on any atom is -0.493 e. The molecule has 0 saturated heterocycles. The van der Waals surface area contributed by atoms with E-state index in [2.05, 4.69) is 10.1 Å². The molecule has 2 amide bonds. The lowest BCUT2D eigenvalue weighted by Gasteiger charge is -2.23. The molecular weight excluding hydrogens is 448 g/mol. The van der Waals surface area contributed by atoms with Crippen molar-refractivity contribution in [1.82, 2.24) is 14.6 Å². The molecule has 162 valence electrons. The molecule has 2 N–H and O–H groups in total. The molecule has 0 bridgehead atoms. The van der Waals surface area contributed by atoms with E-state index >= 15 is 0 Å². The van der Waals surface area contributed by atoms with E-state index in [1.165, 1.54) is 12.1 Å². The first-order chi connectivity index (χ1) is 15.9. The molecule has 2 heterocycles. The summed E-state index contributed by atoms with van der Waals surface area (Å²) in [6.07, 6.45) is 0.860. The van der Waals surface area contributed by atoms with Crippen molar-refractivity contribution < 1.29 is 14.7 Å². The number of hydrazone groups is 1. The summed E-state index contributed by atoms with van der Waals surface area (Å²) in [5, 5.41) is 16.7. The molecule has 0 aliphatic carbocycles. The first-order valence-corrected chi connectivity index (χ1v) is 10.0. The van der Waals surface area contributed by atoms with Crippen molar-refractivity contribution in [1.29, 1.82) is 0 Å². The number of aromatic amines is 1. The lowest BCUT2D eigenvalue weighted by molar-refractivity contribution is 0.0616. The number of aromatic hydroxyl groups is 1. The standard InChI is InChI=1S/C23H13ClN4O5/c24-13-6-3-7-14(10-13)27-20(30)17(19(29)26-23(27)33)11-25-28-21(31)15-8-1-4-12-5-2-9-16(18(12)15)22(28)32/h1-11,30H,(H,26,29,33). The summed E-state index contributed by atoms with van der Waals surface area (Å²) in [5.41, 5.74) is -1.51. The van der Waals surface area contributed by atoms with Crippen molar-refractivity contribution in [3.8, 4) is 11.6 Å². The van der Waals surface area contributed by atoms with E-state index in [0.717, 1.165) is 16.2 Å². The van der Waals surface area contributed by atoms with Crippen LogP contribution in [0, 0.1) is 0 Å². The van der Waals surface area contributed by atoms with E-state index in [-0.39, 0.29) is 16.8 Å². The normalized spacial score (nSPS) is 13.3. The van der Waals surface area contributed by atoms with Crippen molar-refractivity contribution in [3.63, 3.8) is 0 Å². The maximum absolute atomic E-state index is 13.0. The summed E-state index contributed by atoms with van der Waals surface area (Å²) in [6, 6.07) is 16.2. The van der Waals surface area contributed by atoms with Gasteiger partial charge in [-0.25, -0.2) is 9.36 Å². The zero-order valence-corrected chi connectivity index (χ0v) is 17.4. The molecule has 9 nitrogen and oxygen atoms in total. The van der Waals surface area contributed by atoms with E-state index in [4.69, 9.17) is 11.6 Å². The number of hydrogen-bond donors (Lipinski definition) is 2. The van der Waals surface area contributed by atoms with Crippen LogP contribution in [0.15, 0.2) is 75.4 Å². The van der Waals surface area contributed by atoms with Gasteiger partial charge in [0.1, 0.15) is 5.56 Å². The molecule has 0 radical (unpaired) electrons. The third kappa shape index (κ3) is 3.22. The van der Waals surface area contributed by atoms with Crippen molar-refractivity contribution >= 4 is 40.4 Å². The Hall–Kier alpha value is -4.50. The van der Waals surface area contributed by atoms with Crippen LogP contribution in [0.4, 0.5) is 0 Å². The summed E-state index contributed by atoms with van der Waals surface area (Å²) in [4.78, 5) is 52.7. The Morgan fingerprint density at radius 3 is 2.18 bits per heavy atom. The molecular formula is C23H13ClN4O5. The van der Waals surface area contributed by atoms with Gasteiger partial charge in [-0.05, 0) is 35.7 Å². The second-order valence-corrected chi connectivity index (χ2v) is 7.62. The average Bonchev–Trinajstić information content (AvgIpc) is 2.79. The van der Waals surface area contributed by atoms with Crippen LogP contribution >= 0.6 is 11.6 Å². The van der Waals surface area contributed by atoms with Crippen LogP contribution in [0.5, 0.6) is 5.88 Å². The van der Waals surface area contributed by atoms with Gasteiger partial charge in [-0.15, -0.1) is 0 Å². The molecule has 33 heavy (non-hydrogen) atoms. The van der Waals surface area contributed by atoms with Crippen LogP contribution in [0.1, 0.15) is 26.3 Å². The fraction of sp³-hybridized carbons (Fsp3) is 0. The quantitative estimate of drug-likeness (QED) is 0.359. The van der Waals surface area contributed by atoms with Crippen LogP contribution < -0.4 is 11.2 Å². The molecule has 1 aromatic heterocycles. The van der Waals surface area contributed by atoms with E-state index in [9.17, 15) is 24.3 Å². The number of benzene rings is 3. The second-order valence-electron chi connectivity index (χ2n) is 7.19. The summed E-state index contributed by atoms with van der Waals surface area (Å²) < 4.78 is 0.824.